The molecular weight excluding hydrogens is 544 g/mol. The predicted octanol–water partition coefficient (Wildman–Crippen LogP) is 6.89. The zero-order valence-corrected chi connectivity index (χ0v) is 27.2. The van der Waals surface area contributed by atoms with E-state index in [4.69, 9.17) is 15.5 Å². The van der Waals surface area contributed by atoms with Crippen LogP contribution in [0, 0.1) is 11.3 Å². The van der Waals surface area contributed by atoms with Gasteiger partial charge in [-0.05, 0) is 87.1 Å². The Morgan fingerprint density at radius 1 is 1.31 bits per heavy atom. The van der Waals surface area contributed by atoms with E-state index in [2.05, 4.69) is 49.7 Å². The van der Waals surface area contributed by atoms with E-state index >= 15 is 0 Å². The largest absolute Gasteiger partial charge is 0.491 e. The SMILES string of the molecule is CC=NC1=CCC(C)(C)C/C1=C(/C(C)CC)N1CCOc2ccc(-c3cnc(N)c(S(=O)CCC(C)(C)O)c3)cc2C1. The van der Waals surface area contributed by atoms with Crippen molar-refractivity contribution < 1.29 is 14.1 Å². The molecule has 0 radical (unpaired) electrons. The Bertz CT molecular complexity index is 1400. The Morgan fingerprint density at radius 2 is 2.07 bits per heavy atom. The van der Waals surface area contributed by atoms with Gasteiger partial charge < -0.3 is 20.5 Å². The van der Waals surface area contributed by atoms with Crippen molar-refractivity contribution in [1.82, 2.24) is 9.88 Å². The Balaban J connectivity index is 1.71. The summed E-state index contributed by atoms with van der Waals surface area (Å²) in [6.07, 6.45) is 9.39. The topological polar surface area (TPSA) is 101 Å². The first kappa shape index (κ1) is 32.0. The van der Waals surface area contributed by atoms with Crippen LogP contribution in [0.2, 0.25) is 0 Å². The highest BCUT2D eigenvalue weighted by atomic mass is 32.2. The Kier molecular flexibility index (Phi) is 9.99. The maximum absolute atomic E-state index is 13.1. The minimum Gasteiger partial charge on any atom is -0.491 e. The summed E-state index contributed by atoms with van der Waals surface area (Å²) in [5.41, 5.74) is 12.2. The number of allylic oxidation sites excluding steroid dienone is 3. The summed E-state index contributed by atoms with van der Waals surface area (Å²) in [5, 5.41) is 10.1. The number of fused-ring (bicyclic) bond motifs is 1. The molecule has 1 aliphatic heterocycles. The molecule has 7 nitrogen and oxygen atoms in total. The number of hydrogen-bond acceptors (Lipinski definition) is 7. The molecule has 2 heterocycles. The number of ether oxygens (including phenoxy) is 1. The second kappa shape index (κ2) is 13.1. The summed E-state index contributed by atoms with van der Waals surface area (Å²) < 4.78 is 19.4. The summed E-state index contributed by atoms with van der Waals surface area (Å²) in [6.45, 7) is 16.8. The van der Waals surface area contributed by atoms with Crippen LogP contribution in [0.15, 0.2) is 63.4 Å². The minimum atomic E-state index is -1.37. The minimum absolute atomic E-state index is 0.182. The number of aliphatic hydroxyl groups is 1. The second-order valence-electron chi connectivity index (χ2n) is 13.0. The smallest absolute Gasteiger partial charge is 0.139 e. The van der Waals surface area contributed by atoms with Gasteiger partial charge in [0.1, 0.15) is 18.2 Å². The normalized spacial score (nSPS) is 19.9. The Hall–Kier alpha value is -2.97. The molecule has 228 valence electrons. The second-order valence-corrected chi connectivity index (χ2v) is 14.5. The van der Waals surface area contributed by atoms with Crippen molar-refractivity contribution in [3.63, 3.8) is 0 Å². The maximum atomic E-state index is 13.1. The average Bonchev–Trinajstić information content (AvgIpc) is 3.14. The summed E-state index contributed by atoms with van der Waals surface area (Å²) >= 11 is 0. The third kappa shape index (κ3) is 7.70. The maximum Gasteiger partial charge on any atom is 0.139 e. The number of hydrogen-bond donors (Lipinski definition) is 2. The summed E-state index contributed by atoms with van der Waals surface area (Å²) in [5.74, 6) is 1.83. The molecule has 0 spiro atoms. The van der Waals surface area contributed by atoms with Gasteiger partial charge in [0.25, 0.3) is 0 Å². The number of aliphatic imine (C=N–C) groups is 1. The third-order valence-corrected chi connectivity index (χ3v) is 9.60. The molecule has 1 aliphatic carbocycles. The Labute approximate surface area is 254 Å². The van der Waals surface area contributed by atoms with Gasteiger partial charge in [-0.3, -0.25) is 9.20 Å². The molecule has 0 fully saturated rings. The van der Waals surface area contributed by atoms with Gasteiger partial charge >= 0.3 is 0 Å². The zero-order chi connectivity index (χ0) is 30.7. The molecule has 4 rings (SSSR count). The standard InChI is InChI=1S/C34H48N4O3S/c1-8-23(3)31(27-20-33(4,5)13-12-28(27)36-9-2)38-15-16-41-29-11-10-24(18-26(29)22-38)25-19-30(32(35)37-21-25)42(40)17-14-34(6,7)39/h9-12,18-19,21,23,39H,8,13-17,20,22H2,1-7H3,(H2,35,37)/b31-27+,36-9?. The van der Waals surface area contributed by atoms with E-state index in [9.17, 15) is 9.32 Å². The van der Waals surface area contributed by atoms with Crippen LogP contribution in [0.4, 0.5) is 5.82 Å². The fourth-order valence-corrected chi connectivity index (χ4v) is 7.10. The molecule has 0 amide bonds. The lowest BCUT2D eigenvalue weighted by Gasteiger charge is -2.37. The Morgan fingerprint density at radius 3 is 2.76 bits per heavy atom. The molecule has 0 bridgehead atoms. The van der Waals surface area contributed by atoms with Gasteiger partial charge in [0.05, 0.1) is 33.5 Å². The number of anilines is 1. The molecule has 1 aromatic carbocycles. The van der Waals surface area contributed by atoms with Gasteiger partial charge in [0.2, 0.25) is 0 Å². The van der Waals surface area contributed by atoms with Crippen molar-refractivity contribution in [3.8, 4) is 16.9 Å². The number of aromatic nitrogens is 1. The molecule has 8 heteroatoms. The molecule has 3 N–H and O–H groups in total. The van der Waals surface area contributed by atoms with Crippen molar-refractivity contribution in [2.75, 3.05) is 24.6 Å². The van der Waals surface area contributed by atoms with E-state index in [-0.39, 0.29) is 11.2 Å². The highest BCUT2D eigenvalue weighted by molar-refractivity contribution is 7.85. The number of rotatable bonds is 9. The van der Waals surface area contributed by atoms with Gasteiger partial charge in [-0.15, -0.1) is 0 Å². The van der Waals surface area contributed by atoms with Gasteiger partial charge in [0, 0.05) is 41.5 Å². The van der Waals surface area contributed by atoms with Gasteiger partial charge in [-0.25, -0.2) is 4.98 Å². The lowest BCUT2D eigenvalue weighted by atomic mass is 9.75. The monoisotopic (exact) mass is 592 g/mol. The molecule has 42 heavy (non-hydrogen) atoms. The first-order valence-electron chi connectivity index (χ1n) is 15.1. The van der Waals surface area contributed by atoms with E-state index in [1.54, 1.807) is 20.0 Å². The van der Waals surface area contributed by atoms with Crippen molar-refractivity contribution in [2.45, 2.75) is 91.2 Å². The van der Waals surface area contributed by atoms with Crippen LogP contribution in [0.3, 0.4) is 0 Å². The number of nitrogens with zero attached hydrogens (tertiary/aromatic N) is 3. The molecule has 0 saturated carbocycles. The van der Waals surface area contributed by atoms with E-state index < -0.39 is 16.4 Å². The van der Waals surface area contributed by atoms with Crippen LogP contribution in [0.25, 0.3) is 11.1 Å². The molecule has 2 aromatic rings. The van der Waals surface area contributed by atoms with Crippen LogP contribution in [0.5, 0.6) is 5.75 Å². The molecule has 0 saturated heterocycles. The highest BCUT2D eigenvalue weighted by Gasteiger charge is 2.31. The fraction of sp³-hybridized carbons (Fsp3) is 0.529. The van der Waals surface area contributed by atoms with Crippen LogP contribution in [-0.2, 0) is 17.3 Å². The third-order valence-electron chi connectivity index (χ3n) is 8.21. The van der Waals surface area contributed by atoms with Crippen LogP contribution < -0.4 is 10.5 Å². The molecule has 2 aliphatic rings. The van der Waals surface area contributed by atoms with Crippen LogP contribution in [-0.4, -0.2) is 49.9 Å². The number of benzene rings is 1. The van der Waals surface area contributed by atoms with Gasteiger partial charge in [-0.1, -0.05) is 39.8 Å². The lowest BCUT2D eigenvalue weighted by Crippen LogP contribution is -2.31. The van der Waals surface area contributed by atoms with Gasteiger partial charge in [0.15, 0.2) is 0 Å². The number of pyridine rings is 1. The van der Waals surface area contributed by atoms with Gasteiger partial charge in [-0.2, -0.15) is 0 Å². The van der Waals surface area contributed by atoms with E-state index in [1.807, 2.05) is 31.3 Å². The van der Waals surface area contributed by atoms with Crippen molar-refractivity contribution >= 4 is 22.8 Å². The van der Waals surface area contributed by atoms with Crippen molar-refractivity contribution in [2.24, 2.45) is 16.3 Å². The summed E-state index contributed by atoms with van der Waals surface area (Å²) in [6, 6.07) is 8.09. The quantitative estimate of drug-likeness (QED) is 0.308. The summed E-state index contributed by atoms with van der Waals surface area (Å²) in [7, 11) is -1.37. The predicted molar refractivity (Wildman–Crippen MR) is 174 cm³/mol. The number of nitrogen functional groups attached to an aromatic ring is 1. The molecule has 2 atom stereocenters. The fourth-order valence-electron chi connectivity index (χ4n) is 5.65. The average molecular weight is 593 g/mol. The van der Waals surface area contributed by atoms with Crippen molar-refractivity contribution in [1.29, 1.82) is 0 Å². The molecule has 1 aromatic heterocycles. The molecule has 2 unspecified atom stereocenters. The first-order valence-corrected chi connectivity index (χ1v) is 16.4. The van der Waals surface area contributed by atoms with E-state index in [0.29, 0.717) is 29.6 Å². The zero-order valence-electron chi connectivity index (χ0n) is 26.4. The molecular formula is C34H48N4O3S. The van der Waals surface area contributed by atoms with E-state index in [0.717, 1.165) is 60.5 Å². The highest BCUT2D eigenvalue weighted by Crippen LogP contribution is 2.43. The lowest BCUT2D eigenvalue weighted by molar-refractivity contribution is 0.0775. The van der Waals surface area contributed by atoms with Crippen LogP contribution in [0.1, 0.15) is 79.7 Å². The first-order chi connectivity index (χ1) is 19.8. The van der Waals surface area contributed by atoms with Crippen molar-refractivity contribution in [3.05, 3.63) is 59.1 Å². The number of nitrogens with two attached hydrogens (primary N) is 1. The van der Waals surface area contributed by atoms with E-state index in [1.165, 1.54) is 11.3 Å². The van der Waals surface area contributed by atoms with Crippen LogP contribution >= 0.6 is 0 Å². The summed E-state index contributed by atoms with van der Waals surface area (Å²) in [4.78, 5) is 12.2.